The first-order chi connectivity index (χ1) is 8.60. The average molecular weight is 283 g/mol. The summed E-state index contributed by atoms with van der Waals surface area (Å²) in [6.07, 6.45) is 1.64. The lowest BCUT2D eigenvalue weighted by Gasteiger charge is -2.11. The summed E-state index contributed by atoms with van der Waals surface area (Å²) in [6.45, 7) is 1.90. The number of nitrogens with zero attached hydrogens (tertiary/aromatic N) is 1. The van der Waals surface area contributed by atoms with Crippen molar-refractivity contribution >= 4 is 40.4 Å². The van der Waals surface area contributed by atoms with Crippen LogP contribution in [0, 0.1) is 6.92 Å². The van der Waals surface area contributed by atoms with Crippen LogP contribution in [0.25, 0.3) is 0 Å². The van der Waals surface area contributed by atoms with Crippen molar-refractivity contribution in [1.29, 1.82) is 0 Å². The fraction of sp³-hybridized carbons (Fsp3) is 0.0833. The summed E-state index contributed by atoms with van der Waals surface area (Å²) in [5.74, 6) is 5.86. The molecule has 0 unspecified atom stereocenters. The molecule has 0 aliphatic rings. The molecule has 0 aliphatic heterocycles. The number of halogens is 2. The normalized spacial score (nSPS) is 10.2. The van der Waals surface area contributed by atoms with E-state index in [0.717, 1.165) is 16.9 Å². The Kier molecular flexibility index (Phi) is 3.91. The molecule has 0 spiro atoms. The quantitative estimate of drug-likeness (QED) is 0.593. The van der Waals surface area contributed by atoms with Crippen LogP contribution >= 0.6 is 23.2 Å². The van der Waals surface area contributed by atoms with Crippen LogP contribution in [0.3, 0.4) is 0 Å². The zero-order chi connectivity index (χ0) is 13.1. The number of aromatic nitrogens is 1. The zero-order valence-corrected chi connectivity index (χ0v) is 11.2. The second-order valence-corrected chi connectivity index (χ2v) is 4.59. The number of anilines is 3. The van der Waals surface area contributed by atoms with Crippen LogP contribution in [0.5, 0.6) is 0 Å². The second-order valence-electron chi connectivity index (χ2n) is 3.78. The molecule has 4 N–H and O–H groups in total. The second kappa shape index (κ2) is 5.44. The van der Waals surface area contributed by atoms with Crippen LogP contribution in [0.4, 0.5) is 17.2 Å². The summed E-state index contributed by atoms with van der Waals surface area (Å²) in [5.41, 5.74) is 4.97. The molecule has 1 aromatic heterocycles. The lowest BCUT2D eigenvalue weighted by molar-refractivity contribution is 1.23. The van der Waals surface area contributed by atoms with Crippen LogP contribution in [-0.4, -0.2) is 4.98 Å². The van der Waals surface area contributed by atoms with Gasteiger partial charge in [-0.25, -0.2) is 10.8 Å². The minimum atomic E-state index is 0.564. The zero-order valence-electron chi connectivity index (χ0n) is 9.67. The highest BCUT2D eigenvalue weighted by Gasteiger charge is 2.05. The third-order valence-corrected chi connectivity index (χ3v) is 3.16. The maximum Gasteiger partial charge on any atom is 0.141 e. The van der Waals surface area contributed by atoms with E-state index in [2.05, 4.69) is 15.7 Å². The SMILES string of the molecule is Cc1cc(Cl)c(Nc2ccnc(NN)c2)cc1Cl. The van der Waals surface area contributed by atoms with Crippen molar-refractivity contribution in [3.8, 4) is 0 Å². The van der Waals surface area contributed by atoms with E-state index in [9.17, 15) is 0 Å². The number of hydrazine groups is 1. The van der Waals surface area contributed by atoms with Gasteiger partial charge in [0.2, 0.25) is 0 Å². The molecule has 0 radical (unpaired) electrons. The predicted octanol–water partition coefficient (Wildman–Crippen LogP) is 3.73. The van der Waals surface area contributed by atoms with Crippen molar-refractivity contribution < 1.29 is 0 Å². The topological polar surface area (TPSA) is 63.0 Å². The van der Waals surface area contributed by atoms with Crippen LogP contribution < -0.4 is 16.6 Å². The predicted molar refractivity (Wildman–Crippen MR) is 76.5 cm³/mol. The minimum absolute atomic E-state index is 0.564. The van der Waals surface area contributed by atoms with Gasteiger partial charge in [-0.15, -0.1) is 0 Å². The van der Waals surface area contributed by atoms with E-state index in [0.29, 0.717) is 15.9 Å². The average Bonchev–Trinajstić information content (AvgIpc) is 2.36. The first kappa shape index (κ1) is 13.0. The molecule has 2 rings (SSSR count). The highest BCUT2D eigenvalue weighted by atomic mass is 35.5. The molecule has 0 saturated carbocycles. The van der Waals surface area contributed by atoms with Gasteiger partial charge >= 0.3 is 0 Å². The van der Waals surface area contributed by atoms with Gasteiger partial charge in [0, 0.05) is 23.0 Å². The number of pyridine rings is 1. The number of hydrogen-bond donors (Lipinski definition) is 3. The summed E-state index contributed by atoms with van der Waals surface area (Å²) in [7, 11) is 0. The number of nitrogen functional groups attached to an aromatic ring is 1. The molecule has 0 bridgehead atoms. The molecule has 94 valence electrons. The van der Waals surface area contributed by atoms with Gasteiger partial charge < -0.3 is 10.7 Å². The maximum atomic E-state index is 6.15. The fourth-order valence-corrected chi connectivity index (χ4v) is 1.91. The van der Waals surface area contributed by atoms with E-state index in [1.54, 1.807) is 18.3 Å². The monoisotopic (exact) mass is 282 g/mol. The van der Waals surface area contributed by atoms with Crippen molar-refractivity contribution in [3.63, 3.8) is 0 Å². The van der Waals surface area contributed by atoms with Crippen LogP contribution in [-0.2, 0) is 0 Å². The van der Waals surface area contributed by atoms with E-state index in [1.165, 1.54) is 0 Å². The molecular weight excluding hydrogens is 271 g/mol. The van der Waals surface area contributed by atoms with Gasteiger partial charge in [-0.2, -0.15) is 0 Å². The molecule has 0 fully saturated rings. The highest BCUT2D eigenvalue weighted by molar-refractivity contribution is 6.35. The Bertz CT molecular complexity index is 572. The Labute approximate surface area is 115 Å². The molecule has 0 saturated heterocycles. The summed E-state index contributed by atoms with van der Waals surface area (Å²) < 4.78 is 0. The van der Waals surface area contributed by atoms with E-state index in [4.69, 9.17) is 29.0 Å². The van der Waals surface area contributed by atoms with Gasteiger partial charge in [0.05, 0.1) is 10.7 Å². The Balaban J connectivity index is 2.30. The van der Waals surface area contributed by atoms with E-state index >= 15 is 0 Å². The van der Waals surface area contributed by atoms with Crippen molar-refractivity contribution in [2.45, 2.75) is 6.92 Å². The van der Waals surface area contributed by atoms with Crippen LogP contribution in [0.2, 0.25) is 10.0 Å². The molecule has 0 amide bonds. The molecule has 6 heteroatoms. The summed E-state index contributed by atoms with van der Waals surface area (Å²) in [4.78, 5) is 4.02. The Morgan fingerprint density at radius 2 is 1.94 bits per heavy atom. The van der Waals surface area contributed by atoms with Crippen LogP contribution in [0.15, 0.2) is 30.5 Å². The lowest BCUT2D eigenvalue weighted by Crippen LogP contribution is -2.08. The Morgan fingerprint density at radius 1 is 1.17 bits per heavy atom. The molecule has 1 aromatic carbocycles. The number of hydrogen-bond acceptors (Lipinski definition) is 4. The summed E-state index contributed by atoms with van der Waals surface area (Å²) in [6, 6.07) is 7.18. The molecule has 4 nitrogen and oxygen atoms in total. The van der Waals surface area contributed by atoms with Crippen molar-refractivity contribution in [2.75, 3.05) is 10.7 Å². The van der Waals surface area contributed by atoms with Crippen LogP contribution in [0.1, 0.15) is 5.56 Å². The van der Waals surface area contributed by atoms with Gasteiger partial charge in [0.15, 0.2) is 0 Å². The third-order valence-electron chi connectivity index (χ3n) is 2.44. The molecular formula is C12H12Cl2N4. The molecule has 0 aliphatic carbocycles. The fourth-order valence-electron chi connectivity index (χ4n) is 1.48. The maximum absolute atomic E-state index is 6.15. The number of benzene rings is 1. The van der Waals surface area contributed by atoms with Crippen molar-refractivity contribution in [3.05, 3.63) is 46.1 Å². The molecule has 0 atom stereocenters. The van der Waals surface area contributed by atoms with Gasteiger partial charge in [0.1, 0.15) is 5.82 Å². The number of nitrogens with one attached hydrogen (secondary N) is 2. The Hall–Kier alpha value is -1.49. The van der Waals surface area contributed by atoms with E-state index in [1.807, 2.05) is 19.1 Å². The number of rotatable bonds is 3. The summed E-state index contributed by atoms with van der Waals surface area (Å²) in [5, 5.41) is 4.43. The van der Waals surface area contributed by atoms with E-state index < -0.39 is 0 Å². The lowest BCUT2D eigenvalue weighted by atomic mass is 10.2. The van der Waals surface area contributed by atoms with Gasteiger partial charge in [-0.3, -0.25) is 0 Å². The molecule has 2 aromatic rings. The van der Waals surface area contributed by atoms with Gasteiger partial charge in [-0.05, 0) is 30.7 Å². The van der Waals surface area contributed by atoms with Gasteiger partial charge in [0.25, 0.3) is 0 Å². The number of nitrogens with two attached hydrogens (primary N) is 1. The Morgan fingerprint density at radius 3 is 2.67 bits per heavy atom. The van der Waals surface area contributed by atoms with Gasteiger partial charge in [-0.1, -0.05) is 23.2 Å². The molecule has 1 heterocycles. The first-order valence-electron chi connectivity index (χ1n) is 5.25. The summed E-state index contributed by atoms with van der Waals surface area (Å²) >= 11 is 12.2. The smallest absolute Gasteiger partial charge is 0.141 e. The third kappa shape index (κ3) is 2.85. The minimum Gasteiger partial charge on any atom is -0.354 e. The van der Waals surface area contributed by atoms with Crippen molar-refractivity contribution in [1.82, 2.24) is 4.98 Å². The number of aryl methyl sites for hydroxylation is 1. The molecule has 18 heavy (non-hydrogen) atoms. The standard InChI is InChI=1S/C12H12Cl2N4/c1-7-4-10(14)11(6-9(7)13)17-8-2-3-16-12(5-8)18-15/h2-6H,15H2,1H3,(H2,16,17,18). The largest absolute Gasteiger partial charge is 0.354 e. The highest BCUT2D eigenvalue weighted by Crippen LogP contribution is 2.31. The van der Waals surface area contributed by atoms with Crippen molar-refractivity contribution in [2.24, 2.45) is 5.84 Å². The first-order valence-corrected chi connectivity index (χ1v) is 6.01. The van der Waals surface area contributed by atoms with E-state index in [-0.39, 0.29) is 0 Å².